The Hall–Kier alpha value is -1.92. The van der Waals surface area contributed by atoms with Crippen LogP contribution in [0.3, 0.4) is 0 Å². The number of rotatable bonds is 63. The van der Waals surface area contributed by atoms with Crippen LogP contribution in [-0.4, -0.2) is 47.4 Å². The number of nitrogens with one attached hydrogen (secondary N) is 1. The van der Waals surface area contributed by atoms with E-state index >= 15 is 0 Å². The molecule has 2 unspecified atom stereocenters. The molecule has 0 aliphatic rings. The number of aliphatic hydroxyl groups is 2. The number of aliphatic hydroxyl groups excluding tert-OH is 2. The average Bonchev–Trinajstić information content (AvgIpc) is 3.41. The molecule has 0 spiro atoms. The van der Waals surface area contributed by atoms with Crippen LogP contribution >= 0.6 is 0 Å². The third-order valence-electron chi connectivity index (χ3n) is 15.7. The fourth-order valence-corrected chi connectivity index (χ4v) is 10.5. The highest BCUT2D eigenvalue weighted by atomic mass is 16.5. The second-order valence-electron chi connectivity index (χ2n) is 23.2. The van der Waals surface area contributed by atoms with Crippen molar-refractivity contribution in [1.29, 1.82) is 0 Å². The summed E-state index contributed by atoms with van der Waals surface area (Å²) in [5.74, 6) is -0.0555. The van der Waals surface area contributed by atoms with Gasteiger partial charge in [-0.25, -0.2) is 0 Å². The molecule has 2 atom stereocenters. The van der Waals surface area contributed by atoms with E-state index in [-0.39, 0.29) is 18.5 Å². The van der Waals surface area contributed by atoms with Gasteiger partial charge in [0, 0.05) is 12.8 Å². The maximum Gasteiger partial charge on any atom is 0.305 e. The molecule has 0 aromatic heterocycles. The summed E-state index contributed by atoms with van der Waals surface area (Å²) >= 11 is 0. The van der Waals surface area contributed by atoms with Crippen molar-refractivity contribution >= 4 is 11.9 Å². The maximum atomic E-state index is 12.5. The molecule has 0 aliphatic carbocycles. The number of allylic oxidation sites excluding steroid dienone is 5. The number of esters is 1. The topological polar surface area (TPSA) is 95.9 Å². The van der Waals surface area contributed by atoms with Crippen LogP contribution in [0, 0.1) is 0 Å². The van der Waals surface area contributed by atoms with Gasteiger partial charge in [-0.3, -0.25) is 9.59 Å². The van der Waals surface area contributed by atoms with Crippen LogP contribution < -0.4 is 5.32 Å². The third kappa shape index (κ3) is 61.2. The van der Waals surface area contributed by atoms with Crippen molar-refractivity contribution in [1.82, 2.24) is 5.32 Å². The van der Waals surface area contributed by atoms with Gasteiger partial charge in [0.25, 0.3) is 0 Å². The lowest BCUT2D eigenvalue weighted by Gasteiger charge is -2.20. The zero-order valence-electron chi connectivity index (χ0n) is 50.5. The fourth-order valence-electron chi connectivity index (χ4n) is 10.5. The summed E-state index contributed by atoms with van der Waals surface area (Å²) in [6.07, 6.45) is 82.1. The van der Waals surface area contributed by atoms with E-state index < -0.39 is 12.1 Å². The van der Waals surface area contributed by atoms with Gasteiger partial charge in [0.05, 0.1) is 25.4 Å². The Morgan fingerprint density at radius 3 is 1.01 bits per heavy atom. The Kier molecular flexibility index (Phi) is 63.0. The quantitative estimate of drug-likeness (QED) is 0.0320. The van der Waals surface area contributed by atoms with Crippen molar-refractivity contribution in [2.24, 2.45) is 0 Å². The number of ether oxygens (including phenoxy) is 1. The van der Waals surface area contributed by atoms with E-state index in [0.717, 1.165) is 44.9 Å². The molecular formula is C69H131NO5. The number of unbranched alkanes of at least 4 members (excludes halogenated alkanes) is 48. The second-order valence-corrected chi connectivity index (χ2v) is 23.2. The van der Waals surface area contributed by atoms with Gasteiger partial charge in [0.2, 0.25) is 5.91 Å². The van der Waals surface area contributed by atoms with Crippen LogP contribution in [0.1, 0.15) is 367 Å². The Morgan fingerprint density at radius 1 is 0.373 bits per heavy atom. The molecule has 442 valence electrons. The summed E-state index contributed by atoms with van der Waals surface area (Å²) in [6.45, 7) is 4.92. The molecule has 0 heterocycles. The fraction of sp³-hybridized carbons (Fsp3) is 0.884. The predicted octanol–water partition coefficient (Wildman–Crippen LogP) is 21.5. The molecular weight excluding hydrogens is 923 g/mol. The number of carbonyl (C=O) groups excluding carboxylic acids is 2. The number of amides is 1. The predicted molar refractivity (Wildman–Crippen MR) is 329 cm³/mol. The molecule has 3 N–H and O–H groups in total. The molecule has 0 aromatic carbocycles. The van der Waals surface area contributed by atoms with E-state index in [4.69, 9.17) is 4.74 Å². The SMILES string of the molecule is CCCCCCCCCCCCC/C=C/C(O)C(CO)NC(=O)CCCCCCCCCCCCC/C=C\C/C=C\CCCCCCCCCCCOC(=O)CCCCCCCCCCCCCCCCCCCC. The number of hydrogen-bond donors (Lipinski definition) is 3. The first-order valence-electron chi connectivity index (χ1n) is 33.8. The lowest BCUT2D eigenvalue weighted by Crippen LogP contribution is -2.45. The van der Waals surface area contributed by atoms with Gasteiger partial charge in [-0.1, -0.05) is 326 Å². The Balaban J connectivity index is 3.40. The summed E-state index contributed by atoms with van der Waals surface area (Å²) in [5, 5.41) is 23.1. The van der Waals surface area contributed by atoms with Crippen LogP contribution in [0.4, 0.5) is 0 Å². The molecule has 1 amide bonds. The smallest absolute Gasteiger partial charge is 0.305 e. The van der Waals surface area contributed by atoms with E-state index in [0.29, 0.717) is 19.4 Å². The van der Waals surface area contributed by atoms with Crippen molar-refractivity contribution < 1.29 is 24.5 Å². The molecule has 0 fully saturated rings. The summed E-state index contributed by atoms with van der Waals surface area (Å²) in [4.78, 5) is 24.6. The summed E-state index contributed by atoms with van der Waals surface area (Å²) in [6, 6.07) is -0.630. The molecule has 0 bridgehead atoms. The molecule has 6 nitrogen and oxygen atoms in total. The van der Waals surface area contributed by atoms with E-state index in [2.05, 4.69) is 43.5 Å². The first-order chi connectivity index (χ1) is 37.0. The standard InChI is InChI=1S/C69H131NO5/c1-3-5-7-9-11-13-15-17-18-19-32-35-39-43-47-51-55-59-63-69(74)75-64-60-56-52-48-44-40-36-33-30-28-26-24-22-20-21-23-25-27-29-31-34-38-42-46-50-54-58-62-68(73)70-66(65-71)67(72)61-57-53-49-45-41-37-16-14-12-10-8-6-4-2/h20-21,24,26,57,61,66-67,71-72H,3-19,22-23,25,27-56,58-60,62-65H2,1-2H3,(H,70,73)/b21-20-,26-24-,61-57+. The maximum absolute atomic E-state index is 12.5. The normalized spacial score (nSPS) is 12.7. The van der Waals surface area contributed by atoms with E-state index in [9.17, 15) is 19.8 Å². The Morgan fingerprint density at radius 2 is 0.667 bits per heavy atom. The first kappa shape index (κ1) is 73.1. The van der Waals surface area contributed by atoms with Crippen LogP contribution in [0.15, 0.2) is 36.5 Å². The van der Waals surface area contributed by atoms with Crippen LogP contribution in [0.2, 0.25) is 0 Å². The van der Waals surface area contributed by atoms with Gasteiger partial charge in [-0.15, -0.1) is 0 Å². The van der Waals surface area contributed by atoms with Crippen molar-refractivity contribution in [3.05, 3.63) is 36.5 Å². The van der Waals surface area contributed by atoms with Gasteiger partial charge in [0.1, 0.15) is 0 Å². The monoisotopic (exact) mass is 1050 g/mol. The molecule has 0 saturated carbocycles. The number of carbonyl (C=O) groups is 2. The van der Waals surface area contributed by atoms with Crippen molar-refractivity contribution in [2.75, 3.05) is 13.2 Å². The second kappa shape index (κ2) is 64.6. The summed E-state index contributed by atoms with van der Waals surface area (Å²) < 4.78 is 5.50. The van der Waals surface area contributed by atoms with Crippen molar-refractivity contribution in [2.45, 2.75) is 379 Å². The highest BCUT2D eigenvalue weighted by Crippen LogP contribution is 2.18. The average molecular weight is 1050 g/mol. The number of hydrogen-bond acceptors (Lipinski definition) is 5. The largest absolute Gasteiger partial charge is 0.466 e. The Bertz CT molecular complexity index is 1210. The van der Waals surface area contributed by atoms with Crippen LogP contribution in [0.25, 0.3) is 0 Å². The molecule has 75 heavy (non-hydrogen) atoms. The lowest BCUT2D eigenvalue weighted by atomic mass is 10.0. The molecule has 0 aliphatic heterocycles. The van der Waals surface area contributed by atoms with Gasteiger partial charge in [-0.05, 0) is 64.2 Å². The molecule has 0 saturated heterocycles. The third-order valence-corrected chi connectivity index (χ3v) is 15.7. The van der Waals surface area contributed by atoms with Crippen LogP contribution in [-0.2, 0) is 14.3 Å². The minimum atomic E-state index is -0.846. The van der Waals surface area contributed by atoms with E-state index in [1.165, 1.54) is 295 Å². The minimum Gasteiger partial charge on any atom is -0.466 e. The van der Waals surface area contributed by atoms with Crippen LogP contribution in [0.5, 0.6) is 0 Å². The van der Waals surface area contributed by atoms with Crippen molar-refractivity contribution in [3.8, 4) is 0 Å². The molecule has 0 aromatic rings. The van der Waals surface area contributed by atoms with Gasteiger partial charge in [-0.2, -0.15) is 0 Å². The van der Waals surface area contributed by atoms with Crippen molar-refractivity contribution in [3.63, 3.8) is 0 Å². The molecule has 0 radical (unpaired) electrons. The first-order valence-corrected chi connectivity index (χ1v) is 33.8. The van der Waals surface area contributed by atoms with E-state index in [1.807, 2.05) is 6.08 Å². The van der Waals surface area contributed by atoms with Gasteiger partial charge in [0.15, 0.2) is 0 Å². The van der Waals surface area contributed by atoms with E-state index in [1.54, 1.807) is 6.08 Å². The Labute approximate surface area is 468 Å². The highest BCUT2D eigenvalue weighted by molar-refractivity contribution is 5.76. The zero-order chi connectivity index (χ0) is 54.3. The minimum absolute atomic E-state index is 0.0149. The summed E-state index contributed by atoms with van der Waals surface area (Å²) in [5.41, 5.74) is 0. The highest BCUT2D eigenvalue weighted by Gasteiger charge is 2.18. The lowest BCUT2D eigenvalue weighted by molar-refractivity contribution is -0.143. The molecule has 0 rings (SSSR count). The molecule has 6 heteroatoms. The van der Waals surface area contributed by atoms with Gasteiger partial charge >= 0.3 is 5.97 Å². The zero-order valence-corrected chi connectivity index (χ0v) is 50.5. The summed E-state index contributed by atoms with van der Waals surface area (Å²) in [7, 11) is 0. The van der Waals surface area contributed by atoms with Gasteiger partial charge < -0.3 is 20.3 Å².